The van der Waals surface area contributed by atoms with Gasteiger partial charge in [-0.15, -0.1) is 0 Å². The third-order valence-electron chi connectivity index (χ3n) is 4.10. The Morgan fingerprint density at radius 3 is 2.86 bits per heavy atom. The van der Waals surface area contributed by atoms with Crippen LogP contribution in [0.2, 0.25) is 0 Å². The summed E-state index contributed by atoms with van der Waals surface area (Å²) in [4.78, 5) is 2.31. The first-order chi connectivity index (χ1) is 10.2. The van der Waals surface area contributed by atoms with Crippen LogP contribution >= 0.6 is 0 Å². The first-order valence-electron chi connectivity index (χ1n) is 7.51. The zero-order valence-electron chi connectivity index (χ0n) is 12.4. The van der Waals surface area contributed by atoms with Gasteiger partial charge in [0.25, 0.3) is 0 Å². The number of hydrogen-bond acceptors (Lipinski definition) is 2. The van der Waals surface area contributed by atoms with Crippen LogP contribution in [0, 0.1) is 5.82 Å². The molecule has 2 aromatic carbocycles. The maximum absolute atomic E-state index is 13.5. The molecule has 3 heteroatoms. The number of nitrogens with zero attached hydrogens (tertiary/aromatic N) is 1. The zero-order valence-corrected chi connectivity index (χ0v) is 12.4. The van der Waals surface area contributed by atoms with Gasteiger partial charge in [-0.05, 0) is 36.1 Å². The Balaban J connectivity index is 1.62. The fourth-order valence-corrected chi connectivity index (χ4v) is 2.93. The molecule has 0 radical (unpaired) electrons. The minimum atomic E-state index is -0.142. The topological polar surface area (TPSA) is 15.3 Å². The fraction of sp³-hybridized carbons (Fsp3) is 0.333. The quantitative estimate of drug-likeness (QED) is 0.924. The Labute approximate surface area is 125 Å². The van der Waals surface area contributed by atoms with E-state index in [4.69, 9.17) is 0 Å². The highest BCUT2D eigenvalue weighted by atomic mass is 19.1. The highest BCUT2D eigenvalue weighted by Crippen LogP contribution is 2.26. The van der Waals surface area contributed by atoms with E-state index in [2.05, 4.69) is 35.5 Å². The van der Waals surface area contributed by atoms with Crippen molar-refractivity contribution >= 4 is 5.69 Å². The second-order valence-electron chi connectivity index (χ2n) is 5.68. The maximum atomic E-state index is 13.5. The highest BCUT2D eigenvalue weighted by Gasteiger charge is 2.13. The average Bonchev–Trinajstić information content (AvgIpc) is 2.49. The lowest BCUT2D eigenvalue weighted by atomic mass is 9.99. The lowest BCUT2D eigenvalue weighted by Crippen LogP contribution is -2.24. The molecule has 0 spiro atoms. The lowest BCUT2D eigenvalue weighted by molar-refractivity contribution is 0.588. The Bertz CT molecular complexity index is 624. The molecule has 0 aromatic heterocycles. The summed E-state index contributed by atoms with van der Waals surface area (Å²) in [5, 5.41) is 3.32. The monoisotopic (exact) mass is 284 g/mol. The van der Waals surface area contributed by atoms with Crippen LogP contribution < -0.4 is 10.2 Å². The SMILES string of the molecule is CN1CCCc2cc(CNCc3ccccc3F)ccc21. The van der Waals surface area contributed by atoms with Crippen molar-refractivity contribution in [3.8, 4) is 0 Å². The van der Waals surface area contributed by atoms with Crippen LogP contribution in [-0.4, -0.2) is 13.6 Å². The molecule has 0 aliphatic carbocycles. The fourth-order valence-electron chi connectivity index (χ4n) is 2.93. The number of rotatable bonds is 4. The van der Waals surface area contributed by atoms with Crippen LogP contribution in [-0.2, 0) is 19.5 Å². The van der Waals surface area contributed by atoms with Crippen LogP contribution in [0.15, 0.2) is 42.5 Å². The van der Waals surface area contributed by atoms with Gasteiger partial charge in [0.1, 0.15) is 5.82 Å². The van der Waals surface area contributed by atoms with Crippen LogP contribution in [0.5, 0.6) is 0 Å². The molecule has 0 atom stereocenters. The van der Waals surface area contributed by atoms with Crippen molar-refractivity contribution < 1.29 is 4.39 Å². The summed E-state index contributed by atoms with van der Waals surface area (Å²) in [6.45, 7) is 2.47. The van der Waals surface area contributed by atoms with Crippen LogP contribution in [0.25, 0.3) is 0 Å². The summed E-state index contributed by atoms with van der Waals surface area (Å²) in [5.74, 6) is -0.142. The predicted octanol–water partition coefficient (Wildman–Crippen LogP) is 3.50. The van der Waals surface area contributed by atoms with Crippen molar-refractivity contribution in [2.24, 2.45) is 0 Å². The number of aryl methyl sites for hydroxylation is 1. The molecule has 21 heavy (non-hydrogen) atoms. The molecule has 110 valence electrons. The molecule has 1 aliphatic heterocycles. The van der Waals surface area contributed by atoms with E-state index in [1.165, 1.54) is 29.3 Å². The van der Waals surface area contributed by atoms with E-state index in [9.17, 15) is 4.39 Å². The van der Waals surface area contributed by atoms with Crippen molar-refractivity contribution in [2.75, 3.05) is 18.5 Å². The molecule has 1 heterocycles. The summed E-state index contributed by atoms with van der Waals surface area (Å²) in [7, 11) is 2.15. The summed E-state index contributed by atoms with van der Waals surface area (Å²) in [6, 6.07) is 13.6. The van der Waals surface area contributed by atoms with E-state index in [0.29, 0.717) is 6.54 Å². The van der Waals surface area contributed by atoms with Crippen molar-refractivity contribution in [3.63, 3.8) is 0 Å². The molecule has 3 rings (SSSR count). The van der Waals surface area contributed by atoms with E-state index in [-0.39, 0.29) is 5.82 Å². The summed E-state index contributed by atoms with van der Waals surface area (Å²) < 4.78 is 13.5. The van der Waals surface area contributed by atoms with Crippen molar-refractivity contribution in [2.45, 2.75) is 25.9 Å². The van der Waals surface area contributed by atoms with Crippen LogP contribution in [0.1, 0.15) is 23.1 Å². The number of benzene rings is 2. The van der Waals surface area contributed by atoms with E-state index >= 15 is 0 Å². The second kappa shape index (κ2) is 6.27. The molecule has 1 N–H and O–H groups in total. The van der Waals surface area contributed by atoms with Crippen molar-refractivity contribution in [1.82, 2.24) is 5.32 Å². The van der Waals surface area contributed by atoms with Gasteiger partial charge in [0.2, 0.25) is 0 Å². The number of halogens is 1. The molecular formula is C18H21FN2. The molecule has 0 unspecified atom stereocenters. The molecule has 0 amide bonds. The normalized spacial score (nSPS) is 14.1. The summed E-state index contributed by atoms with van der Waals surface area (Å²) in [5.41, 5.74) is 4.75. The van der Waals surface area contributed by atoms with Gasteiger partial charge in [0.05, 0.1) is 0 Å². The summed E-state index contributed by atoms with van der Waals surface area (Å²) >= 11 is 0. The van der Waals surface area contributed by atoms with Crippen LogP contribution in [0.4, 0.5) is 10.1 Å². The standard InChI is InChI=1S/C18H21FN2/c1-21-10-4-6-15-11-14(8-9-18(15)21)12-20-13-16-5-2-3-7-17(16)19/h2-3,5,7-9,11,20H,4,6,10,12-13H2,1H3. The minimum absolute atomic E-state index is 0.142. The van der Waals surface area contributed by atoms with Gasteiger partial charge in [-0.3, -0.25) is 0 Å². The Morgan fingerprint density at radius 2 is 2.00 bits per heavy atom. The maximum Gasteiger partial charge on any atom is 0.127 e. The highest BCUT2D eigenvalue weighted by molar-refractivity contribution is 5.56. The minimum Gasteiger partial charge on any atom is -0.374 e. The van der Waals surface area contributed by atoms with Gasteiger partial charge >= 0.3 is 0 Å². The second-order valence-corrected chi connectivity index (χ2v) is 5.68. The molecule has 0 fully saturated rings. The number of hydrogen-bond donors (Lipinski definition) is 1. The average molecular weight is 284 g/mol. The summed E-state index contributed by atoms with van der Waals surface area (Å²) in [6.07, 6.45) is 2.37. The van der Waals surface area contributed by atoms with Gasteiger partial charge in [0.15, 0.2) is 0 Å². The molecule has 2 aromatic rings. The smallest absolute Gasteiger partial charge is 0.127 e. The predicted molar refractivity (Wildman–Crippen MR) is 85.0 cm³/mol. The van der Waals surface area contributed by atoms with E-state index < -0.39 is 0 Å². The van der Waals surface area contributed by atoms with Gasteiger partial charge in [-0.1, -0.05) is 30.3 Å². The molecule has 1 aliphatic rings. The number of fused-ring (bicyclic) bond motifs is 1. The van der Waals surface area contributed by atoms with Crippen LogP contribution in [0.3, 0.4) is 0 Å². The van der Waals surface area contributed by atoms with Crippen molar-refractivity contribution in [1.29, 1.82) is 0 Å². The van der Waals surface area contributed by atoms with Crippen molar-refractivity contribution in [3.05, 3.63) is 65.0 Å². The first-order valence-corrected chi connectivity index (χ1v) is 7.51. The third kappa shape index (κ3) is 3.24. The molecule has 2 nitrogen and oxygen atoms in total. The number of anilines is 1. The molecule has 0 bridgehead atoms. The molecule has 0 saturated heterocycles. The van der Waals surface area contributed by atoms with Gasteiger partial charge < -0.3 is 10.2 Å². The van der Waals surface area contributed by atoms with E-state index in [1.54, 1.807) is 6.07 Å². The third-order valence-corrected chi connectivity index (χ3v) is 4.10. The number of nitrogens with one attached hydrogen (secondary N) is 1. The van der Waals surface area contributed by atoms with Gasteiger partial charge in [0, 0.05) is 37.9 Å². The Hall–Kier alpha value is -1.87. The Morgan fingerprint density at radius 1 is 1.14 bits per heavy atom. The molecular weight excluding hydrogens is 263 g/mol. The van der Waals surface area contributed by atoms with Gasteiger partial charge in [-0.25, -0.2) is 4.39 Å². The first kappa shape index (κ1) is 14.1. The molecule has 0 saturated carbocycles. The van der Waals surface area contributed by atoms with E-state index in [0.717, 1.165) is 25.1 Å². The Kier molecular flexibility index (Phi) is 4.20. The lowest BCUT2D eigenvalue weighted by Gasteiger charge is -2.27. The zero-order chi connectivity index (χ0) is 14.7. The van der Waals surface area contributed by atoms with E-state index in [1.807, 2.05) is 12.1 Å². The van der Waals surface area contributed by atoms with Gasteiger partial charge in [-0.2, -0.15) is 0 Å². The largest absolute Gasteiger partial charge is 0.374 e.